The fraction of sp³-hybridized carbons (Fsp3) is 0.136. The number of nitrogens with one attached hydrogen (secondary N) is 1. The molecule has 0 aromatic heterocycles. The summed E-state index contributed by atoms with van der Waals surface area (Å²) in [5.41, 5.74) is 3.12. The summed E-state index contributed by atoms with van der Waals surface area (Å²) in [6.45, 7) is -0.503. The van der Waals surface area contributed by atoms with Crippen molar-refractivity contribution in [1.82, 2.24) is 4.72 Å². The van der Waals surface area contributed by atoms with E-state index in [-0.39, 0.29) is 11.5 Å². The van der Waals surface area contributed by atoms with Gasteiger partial charge in [0.25, 0.3) is 5.91 Å². The summed E-state index contributed by atoms with van der Waals surface area (Å²) < 4.78 is 29.2. The zero-order chi connectivity index (χ0) is 22.6. The fourth-order valence-corrected chi connectivity index (χ4v) is 4.04. The van der Waals surface area contributed by atoms with E-state index in [2.05, 4.69) is 0 Å². The van der Waals surface area contributed by atoms with Crippen LogP contribution >= 0.6 is 23.2 Å². The summed E-state index contributed by atoms with van der Waals surface area (Å²) in [5, 5.41) is 10.9. The van der Waals surface area contributed by atoms with Gasteiger partial charge in [-0.05, 0) is 41.0 Å². The summed E-state index contributed by atoms with van der Waals surface area (Å²) in [4.78, 5) is 11.6. The van der Waals surface area contributed by atoms with Gasteiger partial charge in [-0.2, -0.15) is 0 Å². The van der Waals surface area contributed by atoms with Gasteiger partial charge in [-0.3, -0.25) is 9.52 Å². The topological polar surface area (TPSA) is 92.7 Å². The minimum absolute atomic E-state index is 0.170. The number of hydrogen-bond acceptors (Lipinski definition) is 5. The van der Waals surface area contributed by atoms with E-state index in [1.54, 1.807) is 12.1 Å². The first-order chi connectivity index (χ1) is 14.6. The maximum atomic E-state index is 11.6. The predicted molar refractivity (Wildman–Crippen MR) is 121 cm³/mol. The molecule has 0 aliphatic heterocycles. The van der Waals surface area contributed by atoms with Gasteiger partial charge in [-0.1, -0.05) is 59.6 Å². The number of ether oxygens (including phenoxy) is 1. The van der Waals surface area contributed by atoms with Crippen LogP contribution in [0.4, 0.5) is 0 Å². The van der Waals surface area contributed by atoms with Crippen LogP contribution in [0.25, 0.3) is 11.1 Å². The molecule has 31 heavy (non-hydrogen) atoms. The number of benzene rings is 3. The quantitative estimate of drug-likeness (QED) is 0.523. The van der Waals surface area contributed by atoms with Gasteiger partial charge in [-0.25, -0.2) is 8.42 Å². The Bertz CT molecular complexity index is 1190. The molecule has 0 saturated carbocycles. The lowest BCUT2D eigenvalue weighted by molar-refractivity contribution is -0.121. The molecule has 0 saturated heterocycles. The van der Waals surface area contributed by atoms with Crippen LogP contribution in [0.15, 0.2) is 60.7 Å². The third kappa shape index (κ3) is 6.37. The first-order valence-electron chi connectivity index (χ1n) is 9.11. The van der Waals surface area contributed by atoms with E-state index in [0.717, 1.165) is 17.4 Å². The van der Waals surface area contributed by atoms with E-state index in [0.29, 0.717) is 27.6 Å². The van der Waals surface area contributed by atoms with Crippen LogP contribution < -0.4 is 9.46 Å². The lowest BCUT2D eigenvalue weighted by Gasteiger charge is -2.13. The molecule has 0 unspecified atom stereocenters. The number of sulfonamides is 1. The lowest BCUT2D eigenvalue weighted by atomic mass is 9.98. The van der Waals surface area contributed by atoms with Gasteiger partial charge >= 0.3 is 0 Å². The van der Waals surface area contributed by atoms with Crippen LogP contribution in [0.1, 0.15) is 11.1 Å². The first-order valence-corrected chi connectivity index (χ1v) is 11.8. The smallest absolute Gasteiger partial charge is 0.271 e. The zero-order valence-electron chi connectivity index (χ0n) is 16.4. The van der Waals surface area contributed by atoms with Crippen molar-refractivity contribution < 1.29 is 23.1 Å². The molecule has 2 N–H and O–H groups in total. The van der Waals surface area contributed by atoms with Gasteiger partial charge in [-0.15, -0.1) is 0 Å². The minimum Gasteiger partial charge on any atom is -0.507 e. The van der Waals surface area contributed by atoms with Crippen molar-refractivity contribution in [2.45, 2.75) is 6.42 Å². The van der Waals surface area contributed by atoms with Crippen LogP contribution in [-0.2, 0) is 21.2 Å². The Morgan fingerprint density at radius 3 is 2.29 bits per heavy atom. The standard InChI is InChI=1S/C22H19Cl2NO5S/c1-31(28,29)25-22(27)13-30-16-11-19(23)18(20(24)12-16)10-14-7-8-21(26)17(9-14)15-5-3-2-4-6-15/h2-9,11-12,26H,10,13H2,1H3,(H,25,27). The van der Waals surface area contributed by atoms with E-state index in [1.807, 2.05) is 41.1 Å². The summed E-state index contributed by atoms with van der Waals surface area (Å²) in [7, 11) is -3.66. The van der Waals surface area contributed by atoms with Gasteiger partial charge in [0, 0.05) is 22.0 Å². The second-order valence-corrected chi connectivity index (χ2v) is 9.41. The second kappa shape index (κ2) is 9.60. The Morgan fingerprint density at radius 1 is 1.03 bits per heavy atom. The monoisotopic (exact) mass is 479 g/mol. The molecule has 1 amide bonds. The number of phenols is 1. The molecule has 0 spiro atoms. The number of rotatable bonds is 7. The first kappa shape index (κ1) is 22.9. The highest BCUT2D eigenvalue weighted by atomic mass is 35.5. The summed E-state index contributed by atoms with van der Waals surface area (Å²) >= 11 is 12.8. The average molecular weight is 480 g/mol. The molecule has 0 atom stereocenters. The highest BCUT2D eigenvalue weighted by molar-refractivity contribution is 7.89. The molecule has 3 aromatic rings. The molecule has 0 fully saturated rings. The zero-order valence-corrected chi connectivity index (χ0v) is 18.8. The molecule has 0 heterocycles. The average Bonchev–Trinajstić information content (AvgIpc) is 2.70. The van der Waals surface area contributed by atoms with Crippen LogP contribution in [0.3, 0.4) is 0 Å². The number of halogens is 2. The van der Waals surface area contributed by atoms with Gasteiger partial charge in [0.2, 0.25) is 10.0 Å². The summed E-state index contributed by atoms with van der Waals surface area (Å²) in [6.07, 6.45) is 1.28. The predicted octanol–water partition coefficient (Wildman–Crippen LogP) is 4.41. The Hall–Kier alpha value is -2.74. The van der Waals surface area contributed by atoms with E-state index in [9.17, 15) is 18.3 Å². The lowest BCUT2D eigenvalue weighted by Crippen LogP contribution is -2.33. The normalized spacial score (nSPS) is 11.2. The second-order valence-electron chi connectivity index (χ2n) is 6.85. The maximum Gasteiger partial charge on any atom is 0.271 e. The Balaban J connectivity index is 1.78. The van der Waals surface area contributed by atoms with E-state index in [4.69, 9.17) is 27.9 Å². The maximum absolute atomic E-state index is 11.6. The molecular weight excluding hydrogens is 461 g/mol. The highest BCUT2D eigenvalue weighted by Gasteiger charge is 2.14. The number of amides is 1. The molecular formula is C22H19Cl2NO5S. The molecule has 0 aliphatic rings. The van der Waals surface area contributed by atoms with E-state index < -0.39 is 22.5 Å². The highest BCUT2D eigenvalue weighted by Crippen LogP contribution is 2.35. The molecule has 3 rings (SSSR count). The van der Waals surface area contributed by atoms with Crippen LogP contribution in [0.2, 0.25) is 10.0 Å². The van der Waals surface area contributed by atoms with Gasteiger partial charge in [0.1, 0.15) is 11.5 Å². The van der Waals surface area contributed by atoms with Gasteiger partial charge in [0.05, 0.1) is 6.26 Å². The molecule has 0 bridgehead atoms. The Labute approximate surface area is 190 Å². The van der Waals surface area contributed by atoms with Crippen LogP contribution in [-0.4, -0.2) is 32.3 Å². The number of phenolic OH excluding ortho intramolecular Hbond substituents is 1. The van der Waals surface area contributed by atoms with Crippen molar-refractivity contribution in [3.05, 3.63) is 81.8 Å². The van der Waals surface area contributed by atoms with Crippen molar-refractivity contribution in [3.8, 4) is 22.6 Å². The van der Waals surface area contributed by atoms with Gasteiger partial charge < -0.3 is 9.84 Å². The largest absolute Gasteiger partial charge is 0.507 e. The summed E-state index contributed by atoms with van der Waals surface area (Å²) in [6, 6.07) is 17.8. The number of carbonyl (C=O) groups excluding carboxylic acids is 1. The minimum atomic E-state index is -3.66. The summed E-state index contributed by atoms with van der Waals surface area (Å²) in [5.74, 6) is -0.405. The third-order valence-electron chi connectivity index (χ3n) is 4.31. The van der Waals surface area contributed by atoms with Crippen LogP contribution in [0, 0.1) is 0 Å². The third-order valence-corrected chi connectivity index (χ3v) is 5.58. The number of carbonyl (C=O) groups is 1. The molecule has 9 heteroatoms. The van der Waals surface area contributed by atoms with Gasteiger partial charge in [0.15, 0.2) is 6.61 Å². The van der Waals surface area contributed by atoms with Crippen molar-refractivity contribution >= 4 is 39.1 Å². The number of aromatic hydroxyl groups is 1. The van der Waals surface area contributed by atoms with Crippen molar-refractivity contribution in [2.75, 3.05) is 12.9 Å². The van der Waals surface area contributed by atoms with Crippen LogP contribution in [0.5, 0.6) is 11.5 Å². The van der Waals surface area contributed by atoms with Crippen molar-refractivity contribution in [3.63, 3.8) is 0 Å². The molecule has 0 radical (unpaired) electrons. The molecule has 3 aromatic carbocycles. The van der Waals surface area contributed by atoms with E-state index in [1.165, 1.54) is 12.1 Å². The van der Waals surface area contributed by atoms with E-state index >= 15 is 0 Å². The molecule has 162 valence electrons. The molecule has 0 aliphatic carbocycles. The Morgan fingerprint density at radius 2 is 1.68 bits per heavy atom. The van der Waals surface area contributed by atoms with Crippen molar-refractivity contribution in [1.29, 1.82) is 0 Å². The SMILES string of the molecule is CS(=O)(=O)NC(=O)COc1cc(Cl)c(Cc2ccc(O)c(-c3ccccc3)c2)c(Cl)c1. The fourth-order valence-electron chi connectivity index (χ4n) is 2.96. The molecule has 6 nitrogen and oxygen atoms in total. The van der Waals surface area contributed by atoms with Crippen molar-refractivity contribution in [2.24, 2.45) is 0 Å². The number of hydrogen-bond donors (Lipinski definition) is 2. The Kier molecular flexibility index (Phi) is 7.10.